The zero-order chi connectivity index (χ0) is 10.7. The van der Waals surface area contributed by atoms with Crippen LogP contribution in [-0.2, 0) is 11.2 Å². The van der Waals surface area contributed by atoms with Gasteiger partial charge in [-0.1, -0.05) is 13.8 Å². The van der Waals surface area contributed by atoms with Crippen LogP contribution >= 0.6 is 11.3 Å². The number of thiazole rings is 1. The van der Waals surface area contributed by atoms with Crippen LogP contribution in [0.3, 0.4) is 0 Å². The molecule has 15 heavy (non-hydrogen) atoms. The molecule has 84 valence electrons. The largest absolute Gasteiger partial charge is 0.375 e. The van der Waals surface area contributed by atoms with E-state index in [4.69, 9.17) is 4.74 Å². The van der Waals surface area contributed by atoms with E-state index in [1.165, 1.54) is 5.69 Å². The number of aromatic nitrogens is 1. The maximum atomic E-state index is 5.65. The Labute approximate surface area is 95.1 Å². The number of rotatable bonds is 3. The molecule has 1 saturated heterocycles. The van der Waals surface area contributed by atoms with Gasteiger partial charge in [-0.15, -0.1) is 11.3 Å². The van der Waals surface area contributed by atoms with Crippen LogP contribution in [0, 0.1) is 0 Å². The van der Waals surface area contributed by atoms with Crippen molar-refractivity contribution in [1.82, 2.24) is 4.98 Å². The normalized spacial score (nSPS) is 22.0. The van der Waals surface area contributed by atoms with E-state index in [0.717, 1.165) is 37.7 Å². The van der Waals surface area contributed by atoms with Crippen molar-refractivity contribution in [3.63, 3.8) is 0 Å². The highest BCUT2D eigenvalue weighted by molar-refractivity contribution is 7.13. The van der Waals surface area contributed by atoms with E-state index in [1.54, 1.807) is 11.3 Å². The molecule has 2 rings (SSSR count). The van der Waals surface area contributed by atoms with E-state index in [9.17, 15) is 0 Å². The zero-order valence-corrected chi connectivity index (χ0v) is 10.2. The van der Waals surface area contributed by atoms with E-state index in [0.29, 0.717) is 6.10 Å². The predicted octanol–water partition coefficient (Wildman–Crippen LogP) is 2.32. The van der Waals surface area contributed by atoms with E-state index in [1.807, 2.05) is 0 Å². The van der Waals surface area contributed by atoms with Crippen molar-refractivity contribution in [1.29, 1.82) is 0 Å². The molecule has 0 bridgehead atoms. The smallest absolute Gasteiger partial charge is 0.185 e. The molecule has 3 nitrogen and oxygen atoms in total. The molecule has 0 amide bonds. The highest BCUT2D eigenvalue weighted by Crippen LogP contribution is 2.23. The highest BCUT2D eigenvalue weighted by atomic mass is 32.1. The van der Waals surface area contributed by atoms with E-state index in [-0.39, 0.29) is 0 Å². The number of anilines is 1. The summed E-state index contributed by atoms with van der Waals surface area (Å²) in [5, 5.41) is 3.32. The van der Waals surface area contributed by atoms with Gasteiger partial charge in [-0.25, -0.2) is 4.98 Å². The van der Waals surface area contributed by atoms with Gasteiger partial charge in [-0.05, 0) is 12.8 Å². The first kappa shape index (κ1) is 10.9. The Morgan fingerprint density at radius 2 is 2.47 bits per heavy atom. The number of morpholine rings is 1. The Bertz CT molecular complexity index is 313. The second-order valence-electron chi connectivity index (χ2n) is 3.82. The predicted molar refractivity (Wildman–Crippen MR) is 63.7 cm³/mol. The first-order chi connectivity index (χ1) is 7.33. The summed E-state index contributed by atoms with van der Waals surface area (Å²) in [6.45, 7) is 7.13. The second kappa shape index (κ2) is 4.94. The molecule has 1 fully saturated rings. The molecule has 1 aliphatic heterocycles. The third-order valence-corrected chi connectivity index (χ3v) is 3.72. The Balaban J connectivity index is 2.03. The molecule has 4 heteroatoms. The molecule has 0 aromatic carbocycles. The van der Waals surface area contributed by atoms with Crippen LogP contribution < -0.4 is 4.90 Å². The van der Waals surface area contributed by atoms with Crippen LogP contribution in [0.1, 0.15) is 26.0 Å². The van der Waals surface area contributed by atoms with Crippen molar-refractivity contribution in [3.8, 4) is 0 Å². The van der Waals surface area contributed by atoms with Gasteiger partial charge >= 0.3 is 0 Å². The first-order valence-corrected chi connectivity index (χ1v) is 6.52. The van der Waals surface area contributed by atoms with Gasteiger partial charge in [-0.3, -0.25) is 0 Å². The number of hydrogen-bond donors (Lipinski definition) is 0. The van der Waals surface area contributed by atoms with Crippen molar-refractivity contribution < 1.29 is 4.74 Å². The number of hydrogen-bond acceptors (Lipinski definition) is 4. The molecule has 0 radical (unpaired) electrons. The third-order valence-electron chi connectivity index (χ3n) is 2.77. The summed E-state index contributed by atoms with van der Waals surface area (Å²) < 4.78 is 5.65. The average molecular weight is 226 g/mol. The molecule has 1 aromatic heterocycles. The number of aryl methyl sites for hydroxylation is 1. The number of ether oxygens (including phenoxy) is 1. The zero-order valence-electron chi connectivity index (χ0n) is 9.40. The van der Waals surface area contributed by atoms with Gasteiger partial charge in [0.25, 0.3) is 0 Å². The van der Waals surface area contributed by atoms with Crippen LogP contribution in [0.5, 0.6) is 0 Å². The quantitative estimate of drug-likeness (QED) is 0.791. The van der Waals surface area contributed by atoms with Gasteiger partial charge in [-0.2, -0.15) is 0 Å². The van der Waals surface area contributed by atoms with E-state index in [2.05, 4.69) is 29.1 Å². The van der Waals surface area contributed by atoms with Gasteiger partial charge in [0, 0.05) is 18.5 Å². The standard InChI is InChI=1S/C11H18N2OS/c1-3-9-8-15-11(12-9)13-5-6-14-10(4-2)7-13/h8,10H,3-7H2,1-2H3. The minimum Gasteiger partial charge on any atom is -0.375 e. The monoisotopic (exact) mass is 226 g/mol. The van der Waals surface area contributed by atoms with E-state index < -0.39 is 0 Å². The molecular formula is C11H18N2OS. The van der Waals surface area contributed by atoms with Crippen molar-refractivity contribution in [2.75, 3.05) is 24.6 Å². The van der Waals surface area contributed by atoms with Crippen LogP contribution in [0.2, 0.25) is 0 Å². The minimum absolute atomic E-state index is 0.382. The van der Waals surface area contributed by atoms with Crippen molar-refractivity contribution in [3.05, 3.63) is 11.1 Å². The Morgan fingerprint density at radius 1 is 1.60 bits per heavy atom. The average Bonchev–Trinajstić information content (AvgIpc) is 2.78. The lowest BCUT2D eigenvalue weighted by atomic mass is 10.2. The fourth-order valence-corrected chi connectivity index (χ4v) is 2.69. The molecule has 1 atom stereocenters. The molecule has 0 aliphatic carbocycles. The van der Waals surface area contributed by atoms with Crippen molar-refractivity contribution >= 4 is 16.5 Å². The molecule has 1 unspecified atom stereocenters. The maximum absolute atomic E-state index is 5.65. The summed E-state index contributed by atoms with van der Waals surface area (Å²) >= 11 is 1.75. The van der Waals surface area contributed by atoms with Gasteiger partial charge < -0.3 is 9.64 Å². The topological polar surface area (TPSA) is 25.4 Å². The summed E-state index contributed by atoms with van der Waals surface area (Å²) in [4.78, 5) is 6.96. The molecule has 0 saturated carbocycles. The molecule has 2 heterocycles. The summed E-state index contributed by atoms with van der Waals surface area (Å²) in [7, 11) is 0. The molecule has 1 aromatic rings. The first-order valence-electron chi connectivity index (χ1n) is 5.64. The Kier molecular flexibility index (Phi) is 3.59. The second-order valence-corrected chi connectivity index (χ2v) is 4.66. The Morgan fingerprint density at radius 3 is 3.13 bits per heavy atom. The lowest BCUT2D eigenvalue weighted by Gasteiger charge is -2.32. The van der Waals surface area contributed by atoms with Crippen molar-refractivity contribution in [2.45, 2.75) is 32.8 Å². The minimum atomic E-state index is 0.382. The van der Waals surface area contributed by atoms with Gasteiger partial charge in [0.15, 0.2) is 5.13 Å². The highest BCUT2D eigenvalue weighted by Gasteiger charge is 2.20. The fourth-order valence-electron chi connectivity index (χ4n) is 1.74. The summed E-state index contributed by atoms with van der Waals surface area (Å²) in [5.74, 6) is 0. The Hall–Kier alpha value is -0.610. The van der Waals surface area contributed by atoms with Gasteiger partial charge in [0.05, 0.1) is 18.4 Å². The SMILES string of the molecule is CCc1csc(N2CCOC(CC)C2)n1. The molecule has 0 spiro atoms. The lowest BCUT2D eigenvalue weighted by Crippen LogP contribution is -2.42. The van der Waals surface area contributed by atoms with E-state index >= 15 is 0 Å². The summed E-state index contributed by atoms with van der Waals surface area (Å²) in [6, 6.07) is 0. The number of nitrogens with zero attached hydrogens (tertiary/aromatic N) is 2. The summed E-state index contributed by atoms with van der Waals surface area (Å²) in [6.07, 6.45) is 2.49. The molecular weight excluding hydrogens is 208 g/mol. The molecule has 1 aliphatic rings. The molecule has 0 N–H and O–H groups in total. The van der Waals surface area contributed by atoms with Crippen LogP contribution in [-0.4, -0.2) is 30.8 Å². The van der Waals surface area contributed by atoms with Crippen LogP contribution in [0.4, 0.5) is 5.13 Å². The summed E-state index contributed by atoms with van der Waals surface area (Å²) in [5.41, 5.74) is 1.20. The van der Waals surface area contributed by atoms with Gasteiger partial charge in [0.2, 0.25) is 0 Å². The fraction of sp³-hybridized carbons (Fsp3) is 0.727. The third kappa shape index (κ3) is 2.49. The van der Waals surface area contributed by atoms with Crippen LogP contribution in [0.15, 0.2) is 5.38 Å². The van der Waals surface area contributed by atoms with Crippen LogP contribution in [0.25, 0.3) is 0 Å². The van der Waals surface area contributed by atoms with Crippen molar-refractivity contribution in [2.24, 2.45) is 0 Å². The lowest BCUT2D eigenvalue weighted by molar-refractivity contribution is 0.0384. The maximum Gasteiger partial charge on any atom is 0.185 e. The van der Waals surface area contributed by atoms with Gasteiger partial charge in [0.1, 0.15) is 0 Å².